The number of aryl methyl sites for hydroxylation is 1. The van der Waals surface area contributed by atoms with Crippen LogP contribution in [0.15, 0.2) is 22.7 Å². The Bertz CT molecular complexity index is 525. The molecule has 1 amide bonds. The zero-order valence-electron chi connectivity index (χ0n) is 11.8. The van der Waals surface area contributed by atoms with Crippen molar-refractivity contribution in [2.45, 2.75) is 50.6 Å². The summed E-state index contributed by atoms with van der Waals surface area (Å²) >= 11 is 3.44. The van der Waals surface area contributed by atoms with Gasteiger partial charge in [0.2, 0.25) is 0 Å². The largest absolute Gasteiger partial charge is 0.349 e. The van der Waals surface area contributed by atoms with Crippen LogP contribution in [0.1, 0.15) is 48.0 Å². The first-order chi connectivity index (χ1) is 9.58. The van der Waals surface area contributed by atoms with Crippen LogP contribution >= 0.6 is 15.9 Å². The van der Waals surface area contributed by atoms with Crippen LogP contribution < -0.4 is 10.6 Å². The van der Waals surface area contributed by atoms with Gasteiger partial charge in [-0.15, -0.1) is 0 Å². The molecular formula is C16H21BrN2O. The summed E-state index contributed by atoms with van der Waals surface area (Å²) in [5, 5.41) is 6.86. The van der Waals surface area contributed by atoms with E-state index in [4.69, 9.17) is 0 Å². The Kier molecular flexibility index (Phi) is 3.87. The van der Waals surface area contributed by atoms with Gasteiger partial charge in [-0.3, -0.25) is 4.79 Å². The lowest BCUT2D eigenvalue weighted by Crippen LogP contribution is -2.59. The molecule has 1 aromatic carbocycles. The first-order valence-electron chi connectivity index (χ1n) is 7.40. The molecule has 1 atom stereocenters. The van der Waals surface area contributed by atoms with E-state index in [2.05, 4.69) is 26.6 Å². The predicted octanol–water partition coefficient (Wildman–Crippen LogP) is 3.16. The first kappa shape index (κ1) is 14.1. The number of piperidine rings is 1. The van der Waals surface area contributed by atoms with Crippen molar-refractivity contribution < 1.29 is 4.79 Å². The van der Waals surface area contributed by atoms with Crippen LogP contribution in [0, 0.1) is 6.92 Å². The molecule has 0 aromatic heterocycles. The normalized spacial score (nSPS) is 24.2. The fraction of sp³-hybridized carbons (Fsp3) is 0.562. The van der Waals surface area contributed by atoms with E-state index in [1.54, 1.807) is 0 Å². The first-order valence-corrected chi connectivity index (χ1v) is 8.19. The molecule has 3 rings (SSSR count). The summed E-state index contributed by atoms with van der Waals surface area (Å²) in [6.45, 7) is 3.00. The summed E-state index contributed by atoms with van der Waals surface area (Å²) in [6, 6.07) is 6.17. The molecule has 1 aromatic rings. The number of carbonyl (C=O) groups excluding carboxylic acids is 1. The lowest BCUT2D eigenvalue weighted by atomic mass is 9.70. The minimum atomic E-state index is 0.0603. The topological polar surface area (TPSA) is 41.1 Å². The number of amides is 1. The molecule has 1 aliphatic heterocycles. The zero-order valence-corrected chi connectivity index (χ0v) is 13.4. The molecule has 108 valence electrons. The second kappa shape index (κ2) is 5.49. The van der Waals surface area contributed by atoms with E-state index in [0.29, 0.717) is 11.6 Å². The number of nitrogens with one attached hydrogen (secondary N) is 2. The molecule has 1 spiro atoms. The maximum absolute atomic E-state index is 12.5. The molecule has 2 aliphatic rings. The van der Waals surface area contributed by atoms with Crippen molar-refractivity contribution >= 4 is 21.8 Å². The summed E-state index contributed by atoms with van der Waals surface area (Å²) < 4.78 is 0.953. The summed E-state index contributed by atoms with van der Waals surface area (Å²) in [5.74, 6) is 0.0603. The summed E-state index contributed by atoms with van der Waals surface area (Å²) in [4.78, 5) is 12.5. The van der Waals surface area contributed by atoms with Crippen molar-refractivity contribution in [3.05, 3.63) is 33.8 Å². The minimum absolute atomic E-state index is 0.0603. The van der Waals surface area contributed by atoms with Gasteiger partial charge in [-0.2, -0.15) is 0 Å². The highest BCUT2D eigenvalue weighted by Crippen LogP contribution is 2.38. The highest BCUT2D eigenvalue weighted by Gasteiger charge is 2.41. The Morgan fingerprint density at radius 3 is 2.95 bits per heavy atom. The third-order valence-electron chi connectivity index (χ3n) is 4.72. The van der Waals surface area contributed by atoms with Gasteiger partial charge in [0.25, 0.3) is 5.91 Å². The molecule has 1 unspecified atom stereocenters. The summed E-state index contributed by atoms with van der Waals surface area (Å²) in [5.41, 5.74) is 2.13. The van der Waals surface area contributed by atoms with Gasteiger partial charge in [0.1, 0.15) is 0 Å². The lowest BCUT2D eigenvalue weighted by molar-refractivity contribution is 0.0852. The molecule has 1 saturated carbocycles. The van der Waals surface area contributed by atoms with Gasteiger partial charge < -0.3 is 10.6 Å². The maximum Gasteiger partial charge on any atom is 0.251 e. The van der Waals surface area contributed by atoms with Gasteiger partial charge in [-0.25, -0.2) is 0 Å². The van der Waals surface area contributed by atoms with Crippen molar-refractivity contribution in [3.63, 3.8) is 0 Å². The van der Waals surface area contributed by atoms with Crippen LogP contribution in [0.5, 0.6) is 0 Å². The molecule has 2 N–H and O–H groups in total. The maximum atomic E-state index is 12.5. The van der Waals surface area contributed by atoms with Crippen LogP contribution in [-0.4, -0.2) is 24.0 Å². The Morgan fingerprint density at radius 2 is 2.25 bits per heavy atom. The number of rotatable bonds is 2. The van der Waals surface area contributed by atoms with Crippen LogP contribution in [0.3, 0.4) is 0 Å². The second-order valence-electron chi connectivity index (χ2n) is 6.18. The van der Waals surface area contributed by atoms with Crippen LogP contribution in [0.25, 0.3) is 0 Å². The molecular weight excluding hydrogens is 316 g/mol. The molecule has 0 radical (unpaired) electrons. The molecule has 20 heavy (non-hydrogen) atoms. The third-order valence-corrected chi connectivity index (χ3v) is 5.21. The van der Waals surface area contributed by atoms with Gasteiger partial charge >= 0.3 is 0 Å². The van der Waals surface area contributed by atoms with E-state index >= 15 is 0 Å². The smallest absolute Gasteiger partial charge is 0.251 e. The molecule has 0 bridgehead atoms. The Balaban J connectivity index is 1.67. The van der Waals surface area contributed by atoms with Crippen molar-refractivity contribution in [1.29, 1.82) is 0 Å². The van der Waals surface area contributed by atoms with E-state index in [9.17, 15) is 4.79 Å². The lowest BCUT2D eigenvalue weighted by Gasteiger charge is -2.48. The summed E-state index contributed by atoms with van der Waals surface area (Å²) in [7, 11) is 0. The predicted molar refractivity (Wildman–Crippen MR) is 84.0 cm³/mol. The number of carbonyl (C=O) groups is 1. The number of benzene rings is 1. The second-order valence-corrected chi connectivity index (χ2v) is 7.10. The minimum Gasteiger partial charge on any atom is -0.349 e. The number of halogens is 1. The van der Waals surface area contributed by atoms with Crippen LogP contribution in [0.4, 0.5) is 0 Å². The molecule has 1 heterocycles. The highest BCUT2D eigenvalue weighted by molar-refractivity contribution is 9.10. The molecule has 4 heteroatoms. The average molecular weight is 337 g/mol. The monoisotopic (exact) mass is 336 g/mol. The van der Waals surface area contributed by atoms with Crippen LogP contribution in [-0.2, 0) is 0 Å². The Morgan fingerprint density at radius 1 is 1.45 bits per heavy atom. The molecule has 1 aliphatic carbocycles. The molecule has 3 nitrogen and oxygen atoms in total. The summed E-state index contributed by atoms with van der Waals surface area (Å²) in [6.07, 6.45) is 5.94. The standard InChI is InChI=1S/C16H21BrN2O/c1-11-3-4-12(17)9-14(11)15(20)19-13-5-8-18-16(10-13)6-2-7-16/h3-4,9,13,18H,2,5-8,10H2,1H3,(H,19,20). The van der Waals surface area contributed by atoms with E-state index in [1.807, 2.05) is 25.1 Å². The van der Waals surface area contributed by atoms with Crippen molar-refractivity contribution in [3.8, 4) is 0 Å². The van der Waals surface area contributed by atoms with E-state index < -0.39 is 0 Å². The third kappa shape index (κ3) is 2.77. The van der Waals surface area contributed by atoms with E-state index in [1.165, 1.54) is 19.3 Å². The SMILES string of the molecule is Cc1ccc(Br)cc1C(=O)NC1CCNC2(CCC2)C1. The van der Waals surface area contributed by atoms with Gasteiger partial charge in [0.15, 0.2) is 0 Å². The fourth-order valence-electron chi connectivity index (χ4n) is 3.37. The number of hydrogen-bond donors (Lipinski definition) is 2. The van der Waals surface area contributed by atoms with Crippen molar-refractivity contribution in [2.75, 3.05) is 6.54 Å². The van der Waals surface area contributed by atoms with E-state index in [-0.39, 0.29) is 5.91 Å². The van der Waals surface area contributed by atoms with Gasteiger partial charge in [-0.1, -0.05) is 22.0 Å². The zero-order chi connectivity index (χ0) is 14.2. The van der Waals surface area contributed by atoms with Gasteiger partial charge in [-0.05, 0) is 63.3 Å². The van der Waals surface area contributed by atoms with Gasteiger partial charge in [0, 0.05) is 21.6 Å². The molecule has 1 saturated heterocycles. The quantitative estimate of drug-likeness (QED) is 0.870. The van der Waals surface area contributed by atoms with Crippen molar-refractivity contribution in [1.82, 2.24) is 10.6 Å². The van der Waals surface area contributed by atoms with Crippen molar-refractivity contribution in [2.24, 2.45) is 0 Å². The molecule has 2 fully saturated rings. The average Bonchev–Trinajstić information content (AvgIpc) is 2.40. The van der Waals surface area contributed by atoms with Gasteiger partial charge in [0.05, 0.1) is 0 Å². The Hall–Kier alpha value is -0.870. The number of hydrogen-bond acceptors (Lipinski definition) is 2. The Labute approximate surface area is 128 Å². The fourth-order valence-corrected chi connectivity index (χ4v) is 3.73. The van der Waals surface area contributed by atoms with Crippen LogP contribution in [0.2, 0.25) is 0 Å². The highest BCUT2D eigenvalue weighted by atomic mass is 79.9. The van der Waals surface area contributed by atoms with E-state index in [0.717, 1.165) is 35.0 Å².